The molecule has 0 radical (unpaired) electrons. The topological polar surface area (TPSA) is 116 Å². The van der Waals surface area contributed by atoms with Gasteiger partial charge in [0.05, 0.1) is 32.9 Å². The van der Waals surface area contributed by atoms with Crippen molar-refractivity contribution in [3.63, 3.8) is 0 Å². The van der Waals surface area contributed by atoms with Gasteiger partial charge in [0.25, 0.3) is 5.56 Å². The van der Waals surface area contributed by atoms with Crippen molar-refractivity contribution in [3.8, 4) is 5.75 Å². The van der Waals surface area contributed by atoms with E-state index in [0.717, 1.165) is 24.7 Å². The summed E-state index contributed by atoms with van der Waals surface area (Å²) in [5.74, 6) is 0.0914. The molecule has 0 bridgehead atoms. The third-order valence-electron chi connectivity index (χ3n) is 6.15. The molecule has 0 aliphatic heterocycles. The molecule has 0 spiro atoms. The predicted octanol–water partition coefficient (Wildman–Crippen LogP) is 5.12. The molecule has 0 amide bonds. The van der Waals surface area contributed by atoms with Gasteiger partial charge in [0.15, 0.2) is 9.84 Å². The molecular formula is C28H27ClN2O6S. The number of aryl methyl sites for hydroxylation is 1. The summed E-state index contributed by atoms with van der Waals surface area (Å²) < 4.78 is 31.5. The van der Waals surface area contributed by atoms with Gasteiger partial charge in [-0.2, -0.15) is 0 Å². The first kappa shape index (κ1) is 27.3. The number of aromatic nitrogens is 2. The third-order valence-corrected chi connectivity index (χ3v) is 7.71. The first-order chi connectivity index (χ1) is 18.1. The molecule has 0 saturated carbocycles. The van der Waals surface area contributed by atoms with Gasteiger partial charge in [0.2, 0.25) is 0 Å². The summed E-state index contributed by atoms with van der Waals surface area (Å²) in [6.07, 6.45) is 3.52. The molecule has 0 fully saturated rings. The average molecular weight is 555 g/mol. The third kappa shape index (κ3) is 6.06. The second-order valence-corrected chi connectivity index (χ2v) is 11.4. The number of rotatable bonds is 10. The van der Waals surface area contributed by atoms with Gasteiger partial charge in [0.1, 0.15) is 18.2 Å². The van der Waals surface area contributed by atoms with E-state index in [-0.39, 0.29) is 39.6 Å². The molecule has 4 rings (SSSR count). The number of carboxylic acids is 1. The fourth-order valence-electron chi connectivity index (χ4n) is 4.06. The number of fused-ring (bicyclic) bond motifs is 1. The molecule has 4 aromatic rings. The minimum absolute atomic E-state index is 0.0140. The van der Waals surface area contributed by atoms with Gasteiger partial charge in [-0.05, 0) is 48.4 Å². The summed E-state index contributed by atoms with van der Waals surface area (Å²) >= 11 is 6.19. The van der Waals surface area contributed by atoms with E-state index in [2.05, 4.69) is 6.92 Å². The molecule has 38 heavy (non-hydrogen) atoms. The normalized spacial score (nSPS) is 11.6. The molecular weight excluding hydrogens is 528 g/mol. The lowest BCUT2D eigenvalue weighted by molar-refractivity contribution is 0.0697. The molecule has 1 heterocycles. The van der Waals surface area contributed by atoms with Crippen LogP contribution >= 0.6 is 11.6 Å². The number of aromatic carboxylic acids is 1. The van der Waals surface area contributed by atoms with Crippen LogP contribution in [0.25, 0.3) is 10.9 Å². The van der Waals surface area contributed by atoms with Crippen LogP contribution in [0, 0.1) is 0 Å². The van der Waals surface area contributed by atoms with E-state index >= 15 is 0 Å². The molecule has 0 aliphatic carbocycles. The number of nitrogens with zero attached hydrogens (tertiary/aromatic N) is 2. The van der Waals surface area contributed by atoms with Crippen LogP contribution in [0.15, 0.2) is 70.4 Å². The van der Waals surface area contributed by atoms with Crippen LogP contribution in [0.5, 0.6) is 5.75 Å². The number of hydrogen-bond acceptors (Lipinski definition) is 6. The molecule has 0 saturated heterocycles. The number of unbranched alkanes of at least 4 members (excludes halogenated alkanes) is 1. The number of ether oxygens (including phenoxy) is 1. The van der Waals surface area contributed by atoms with Crippen LogP contribution in [0.4, 0.5) is 0 Å². The van der Waals surface area contributed by atoms with Gasteiger partial charge < -0.3 is 9.84 Å². The number of halogens is 1. The molecule has 8 nitrogen and oxygen atoms in total. The van der Waals surface area contributed by atoms with E-state index < -0.39 is 15.8 Å². The van der Waals surface area contributed by atoms with Crippen LogP contribution in [-0.2, 0) is 29.4 Å². The minimum Gasteiger partial charge on any atom is -0.489 e. The lowest BCUT2D eigenvalue weighted by Gasteiger charge is -2.15. The lowest BCUT2D eigenvalue weighted by atomic mass is 10.1. The van der Waals surface area contributed by atoms with Crippen molar-refractivity contribution < 1.29 is 23.1 Å². The quantitative estimate of drug-likeness (QED) is 0.289. The van der Waals surface area contributed by atoms with Gasteiger partial charge in [-0.15, -0.1) is 0 Å². The van der Waals surface area contributed by atoms with Crippen LogP contribution in [-0.4, -0.2) is 35.3 Å². The molecule has 1 aromatic heterocycles. The fourth-order valence-corrected chi connectivity index (χ4v) is 4.97. The zero-order valence-electron chi connectivity index (χ0n) is 21.0. The van der Waals surface area contributed by atoms with Crippen molar-refractivity contribution in [1.82, 2.24) is 9.55 Å². The van der Waals surface area contributed by atoms with Gasteiger partial charge in [-0.3, -0.25) is 9.36 Å². The van der Waals surface area contributed by atoms with Crippen molar-refractivity contribution in [2.45, 2.75) is 44.2 Å². The summed E-state index contributed by atoms with van der Waals surface area (Å²) in [5.41, 5.74) is 1.58. The number of sulfone groups is 1. The van der Waals surface area contributed by atoms with Crippen molar-refractivity contribution in [3.05, 3.63) is 98.6 Å². The molecule has 3 aromatic carbocycles. The zero-order valence-corrected chi connectivity index (χ0v) is 22.6. The maximum atomic E-state index is 13.5. The van der Waals surface area contributed by atoms with Crippen molar-refractivity contribution in [2.75, 3.05) is 6.26 Å². The van der Waals surface area contributed by atoms with Crippen LogP contribution in [0.3, 0.4) is 0 Å². The molecule has 198 valence electrons. The van der Waals surface area contributed by atoms with Crippen molar-refractivity contribution >= 4 is 38.3 Å². The Kier molecular flexibility index (Phi) is 8.18. The SMILES string of the molecule is CCCCc1nc2ccc(S(C)(=O)=O)cc2c(=O)n1Cc1ccc(OCc2cccc(C(=O)O)c2Cl)cc1. The molecule has 0 atom stereocenters. The highest BCUT2D eigenvalue weighted by Crippen LogP contribution is 2.24. The molecule has 10 heteroatoms. The Morgan fingerprint density at radius 1 is 1.11 bits per heavy atom. The highest BCUT2D eigenvalue weighted by molar-refractivity contribution is 7.90. The summed E-state index contributed by atoms with van der Waals surface area (Å²) in [4.78, 5) is 29.5. The summed E-state index contributed by atoms with van der Waals surface area (Å²) in [6, 6.07) is 16.4. The van der Waals surface area contributed by atoms with Crippen LogP contribution < -0.4 is 10.3 Å². The van der Waals surface area contributed by atoms with Crippen LogP contribution in [0.1, 0.15) is 47.1 Å². The summed E-state index contributed by atoms with van der Waals surface area (Å²) in [7, 11) is -3.47. The monoisotopic (exact) mass is 554 g/mol. The largest absolute Gasteiger partial charge is 0.489 e. The van der Waals surface area contributed by atoms with Crippen LogP contribution in [0.2, 0.25) is 5.02 Å². The Balaban J connectivity index is 1.60. The smallest absolute Gasteiger partial charge is 0.337 e. The highest BCUT2D eigenvalue weighted by atomic mass is 35.5. The highest BCUT2D eigenvalue weighted by Gasteiger charge is 2.16. The first-order valence-electron chi connectivity index (χ1n) is 12.0. The minimum atomic E-state index is -3.47. The van der Waals surface area contributed by atoms with Gasteiger partial charge in [-0.1, -0.05) is 49.2 Å². The first-order valence-corrected chi connectivity index (χ1v) is 14.3. The van der Waals surface area contributed by atoms with E-state index in [1.807, 2.05) is 12.1 Å². The van der Waals surface area contributed by atoms with Crippen molar-refractivity contribution in [1.29, 1.82) is 0 Å². The van der Waals surface area contributed by atoms with Crippen molar-refractivity contribution in [2.24, 2.45) is 0 Å². The standard InChI is InChI=1S/C28H27ClN2O6S/c1-3-4-8-25-30-24-14-13-21(38(2,35)36)15-23(24)27(32)31(25)16-18-9-11-20(12-10-18)37-17-19-6-5-7-22(26(19)29)28(33)34/h5-7,9-15H,3-4,8,16-17H2,1-2H3,(H,33,34). The number of benzene rings is 3. The maximum Gasteiger partial charge on any atom is 0.337 e. The fraction of sp³-hybridized carbons (Fsp3) is 0.250. The number of carboxylic acid groups (broad SMARTS) is 1. The second-order valence-electron chi connectivity index (χ2n) is 8.99. The second kappa shape index (κ2) is 11.4. The molecule has 0 unspecified atom stereocenters. The Morgan fingerprint density at radius 3 is 2.50 bits per heavy atom. The van der Waals surface area contributed by atoms with E-state index in [0.29, 0.717) is 29.1 Å². The predicted molar refractivity (Wildman–Crippen MR) is 146 cm³/mol. The van der Waals surface area contributed by atoms with Gasteiger partial charge >= 0.3 is 5.97 Å². The number of carbonyl (C=O) groups is 1. The van der Waals surface area contributed by atoms with E-state index in [4.69, 9.17) is 21.3 Å². The maximum absolute atomic E-state index is 13.5. The molecule has 1 N–H and O–H groups in total. The van der Waals surface area contributed by atoms with Gasteiger partial charge in [-0.25, -0.2) is 18.2 Å². The summed E-state index contributed by atoms with van der Waals surface area (Å²) in [6.45, 7) is 2.42. The average Bonchev–Trinajstić information content (AvgIpc) is 2.88. The Labute approximate surface area is 225 Å². The lowest BCUT2D eigenvalue weighted by Crippen LogP contribution is -2.26. The summed E-state index contributed by atoms with van der Waals surface area (Å²) in [5, 5.41) is 9.64. The Bertz CT molecular complexity index is 1660. The van der Waals surface area contributed by atoms with E-state index in [1.165, 1.54) is 18.2 Å². The van der Waals surface area contributed by atoms with E-state index in [1.54, 1.807) is 34.9 Å². The Morgan fingerprint density at radius 2 is 1.84 bits per heavy atom. The Hall–Kier alpha value is -3.69. The zero-order chi connectivity index (χ0) is 27.4. The van der Waals surface area contributed by atoms with Gasteiger partial charge in [0, 0.05) is 18.2 Å². The van der Waals surface area contributed by atoms with E-state index in [9.17, 15) is 23.1 Å². The molecule has 0 aliphatic rings. The number of hydrogen-bond donors (Lipinski definition) is 1.